The summed E-state index contributed by atoms with van der Waals surface area (Å²) in [6, 6.07) is 0. The van der Waals surface area contributed by atoms with Gasteiger partial charge in [-0.3, -0.25) is 8.42 Å². The van der Waals surface area contributed by atoms with E-state index in [1.165, 1.54) is 0 Å². The molecular formula is H2O5S-2. The molecule has 6 heteroatoms. The van der Waals surface area contributed by atoms with Crippen LogP contribution in [0.2, 0.25) is 0 Å². The lowest BCUT2D eigenvalue weighted by Gasteiger charge is -2.06. The van der Waals surface area contributed by atoms with E-state index in [0.29, 0.717) is 0 Å². The molecule has 40 valence electrons. The van der Waals surface area contributed by atoms with Crippen molar-refractivity contribution in [2.45, 2.75) is 0 Å². The molecule has 0 unspecified atom stereocenters. The third-order valence-electron chi connectivity index (χ3n) is 0. The third-order valence-corrected chi connectivity index (χ3v) is 0. The van der Waals surface area contributed by atoms with E-state index in [4.69, 9.17) is 17.5 Å². The lowest BCUT2D eigenvalue weighted by atomic mass is 15.8. The molecule has 6 heavy (non-hydrogen) atoms. The van der Waals surface area contributed by atoms with Gasteiger partial charge >= 0.3 is 0 Å². The first-order chi connectivity index (χ1) is 2.00. The van der Waals surface area contributed by atoms with Crippen LogP contribution in [-0.4, -0.2) is 23.0 Å². The molecule has 0 atom stereocenters. The van der Waals surface area contributed by atoms with E-state index in [9.17, 15) is 0 Å². The maximum absolute atomic E-state index is 8.52. The fourth-order valence-electron chi connectivity index (χ4n) is 0. The second-order valence-electron chi connectivity index (χ2n) is 0.408. The lowest BCUT2D eigenvalue weighted by molar-refractivity contribution is 0.352. The van der Waals surface area contributed by atoms with E-state index in [-0.39, 0.29) is 5.48 Å². The molecule has 0 fully saturated rings. The van der Waals surface area contributed by atoms with E-state index >= 15 is 0 Å². The van der Waals surface area contributed by atoms with Gasteiger partial charge in [0.15, 0.2) is 0 Å². The minimum atomic E-state index is -5.17. The summed E-state index contributed by atoms with van der Waals surface area (Å²) in [4.78, 5) is 0. The predicted molar refractivity (Wildman–Crippen MR) is 14.1 cm³/mol. The summed E-state index contributed by atoms with van der Waals surface area (Å²) in [7, 11) is -5.17. The Kier molecular flexibility index (Phi) is 3.22. The summed E-state index contributed by atoms with van der Waals surface area (Å²) in [6.07, 6.45) is 0. The zero-order valence-corrected chi connectivity index (χ0v) is 3.36. The first-order valence-corrected chi connectivity index (χ1v) is 2.00. The highest BCUT2D eigenvalue weighted by Gasteiger charge is 1.49. The molecule has 0 aliphatic carbocycles. The fraction of sp³-hybridized carbons (Fsp3) is 0. The highest BCUT2D eigenvalue weighted by Crippen LogP contribution is 1.57. The summed E-state index contributed by atoms with van der Waals surface area (Å²) in [5.74, 6) is 0. The molecule has 0 rings (SSSR count). The summed E-state index contributed by atoms with van der Waals surface area (Å²) < 4.78 is 34.1. The molecule has 5 nitrogen and oxygen atoms in total. The summed E-state index contributed by atoms with van der Waals surface area (Å²) in [5.41, 5.74) is 0. The van der Waals surface area contributed by atoms with E-state index in [0.717, 1.165) is 0 Å². The Bertz CT molecular complexity index is 87.1. The van der Waals surface area contributed by atoms with Crippen molar-refractivity contribution in [2.24, 2.45) is 0 Å². The highest BCUT2D eigenvalue weighted by atomic mass is 32.3. The molecule has 2 N–H and O–H groups in total. The van der Waals surface area contributed by atoms with Gasteiger partial charge in [-0.25, -0.2) is 0 Å². The van der Waals surface area contributed by atoms with Crippen molar-refractivity contribution in [3.05, 3.63) is 0 Å². The van der Waals surface area contributed by atoms with Crippen LogP contribution in [0.3, 0.4) is 0 Å². The van der Waals surface area contributed by atoms with Crippen LogP contribution in [0.4, 0.5) is 0 Å². The molecule has 0 radical (unpaired) electrons. The van der Waals surface area contributed by atoms with Crippen molar-refractivity contribution < 1.29 is 23.0 Å². The summed E-state index contributed by atoms with van der Waals surface area (Å²) >= 11 is 0. The Balaban J connectivity index is 0. The second-order valence-corrected chi connectivity index (χ2v) is 1.22. The van der Waals surface area contributed by atoms with Crippen LogP contribution in [0, 0.1) is 0 Å². The smallest absolute Gasteiger partial charge is 0.0311 e. The van der Waals surface area contributed by atoms with Gasteiger partial charge in [0.2, 0.25) is 0 Å². The van der Waals surface area contributed by atoms with Crippen molar-refractivity contribution in [2.75, 3.05) is 0 Å². The second kappa shape index (κ2) is 2.08. The number of rotatable bonds is 0. The van der Waals surface area contributed by atoms with E-state index in [1.807, 2.05) is 0 Å². The molecular weight excluding hydrogens is 112 g/mol. The van der Waals surface area contributed by atoms with Crippen LogP contribution >= 0.6 is 0 Å². The molecule has 0 aliphatic heterocycles. The Labute approximate surface area is 34.5 Å². The first kappa shape index (κ1) is 9.27. The molecule has 0 amide bonds. The standard InChI is InChI=1S/H2O4S.H2O/c1-5(2,3)4;/h(H2,1,2,3,4);1H2/p-2. The van der Waals surface area contributed by atoms with Gasteiger partial charge in [-0.05, 0) is 0 Å². The molecule has 0 saturated carbocycles. The molecule has 0 saturated heterocycles. The van der Waals surface area contributed by atoms with E-state index in [1.54, 1.807) is 0 Å². The Morgan fingerprint density at radius 1 is 1.17 bits per heavy atom. The molecule has 0 aromatic rings. The SMILES string of the molecule is O.O=S(=O)([O-])[O-]. The normalized spacial score (nSPS) is 9.67. The van der Waals surface area contributed by atoms with Crippen LogP contribution in [0.25, 0.3) is 0 Å². The van der Waals surface area contributed by atoms with Gasteiger partial charge in [-0.15, -0.1) is 0 Å². The highest BCUT2D eigenvalue weighted by molar-refractivity contribution is 7.79. The van der Waals surface area contributed by atoms with Crippen LogP contribution in [-0.2, 0) is 10.4 Å². The van der Waals surface area contributed by atoms with Crippen molar-refractivity contribution in [1.29, 1.82) is 0 Å². The summed E-state index contributed by atoms with van der Waals surface area (Å²) in [6.45, 7) is 0. The van der Waals surface area contributed by atoms with Gasteiger partial charge in [0.25, 0.3) is 0 Å². The molecule has 0 aliphatic rings. The monoisotopic (exact) mass is 114 g/mol. The van der Waals surface area contributed by atoms with Crippen molar-refractivity contribution >= 4 is 10.4 Å². The lowest BCUT2D eigenvalue weighted by Crippen LogP contribution is -1.91. The zero-order chi connectivity index (χ0) is 4.50. The molecule has 0 bridgehead atoms. The number of hydrogen-bond acceptors (Lipinski definition) is 4. The molecule has 0 aromatic heterocycles. The van der Waals surface area contributed by atoms with Gasteiger partial charge in [-0.2, -0.15) is 0 Å². The van der Waals surface area contributed by atoms with E-state index < -0.39 is 10.4 Å². The minimum absolute atomic E-state index is 0. The topological polar surface area (TPSA) is 112 Å². The van der Waals surface area contributed by atoms with Gasteiger partial charge in [-0.1, -0.05) is 0 Å². The molecule has 0 spiro atoms. The van der Waals surface area contributed by atoms with Crippen LogP contribution in [0.15, 0.2) is 0 Å². The Hall–Kier alpha value is -0.170. The summed E-state index contributed by atoms with van der Waals surface area (Å²) in [5, 5.41) is 0. The zero-order valence-electron chi connectivity index (χ0n) is 2.54. The molecule has 0 aromatic carbocycles. The average Bonchev–Trinajstić information content (AvgIpc) is 0.722. The van der Waals surface area contributed by atoms with E-state index in [2.05, 4.69) is 0 Å². The maximum atomic E-state index is 8.52. The van der Waals surface area contributed by atoms with Crippen molar-refractivity contribution in [1.82, 2.24) is 0 Å². The fourth-order valence-corrected chi connectivity index (χ4v) is 0. The van der Waals surface area contributed by atoms with Gasteiger partial charge < -0.3 is 14.6 Å². The largest absolute Gasteiger partial charge is 0.759 e. The van der Waals surface area contributed by atoms with Crippen LogP contribution < -0.4 is 0 Å². The van der Waals surface area contributed by atoms with Gasteiger partial charge in [0, 0.05) is 10.4 Å². The van der Waals surface area contributed by atoms with Gasteiger partial charge in [0.1, 0.15) is 0 Å². The van der Waals surface area contributed by atoms with Crippen molar-refractivity contribution in [3.63, 3.8) is 0 Å². The first-order valence-electron chi connectivity index (χ1n) is 0.667. The van der Waals surface area contributed by atoms with Gasteiger partial charge in [0.05, 0.1) is 0 Å². The average molecular weight is 114 g/mol. The van der Waals surface area contributed by atoms with Crippen LogP contribution in [0.1, 0.15) is 0 Å². The molecule has 0 heterocycles. The van der Waals surface area contributed by atoms with Crippen molar-refractivity contribution in [3.8, 4) is 0 Å². The minimum Gasteiger partial charge on any atom is -0.759 e. The third kappa shape index (κ3) is 1060. The predicted octanol–water partition coefficient (Wildman–Crippen LogP) is -2.16. The number of hydrogen-bond donors (Lipinski definition) is 0. The Morgan fingerprint density at radius 2 is 1.17 bits per heavy atom. The van der Waals surface area contributed by atoms with Crippen LogP contribution in [0.5, 0.6) is 0 Å². The Morgan fingerprint density at radius 3 is 1.17 bits per heavy atom. The quantitative estimate of drug-likeness (QED) is 0.263. The maximum Gasteiger partial charge on any atom is 0.0311 e.